The van der Waals surface area contributed by atoms with Crippen LogP contribution in [-0.4, -0.2) is 61.7 Å². The summed E-state index contributed by atoms with van der Waals surface area (Å²) in [5, 5.41) is 0.626. The number of ether oxygens (including phenoxy) is 5. The van der Waals surface area contributed by atoms with Crippen LogP contribution in [0.5, 0.6) is 5.75 Å². The molecule has 5 atom stereocenters. The maximum atomic E-state index is 11.5. The third-order valence-corrected chi connectivity index (χ3v) is 4.43. The van der Waals surface area contributed by atoms with E-state index in [0.29, 0.717) is 22.9 Å². The Morgan fingerprint density at radius 2 is 1.72 bits per heavy atom. The van der Waals surface area contributed by atoms with Crippen molar-refractivity contribution in [2.45, 2.75) is 58.7 Å². The van der Waals surface area contributed by atoms with Crippen molar-refractivity contribution < 1.29 is 47.7 Å². The average molecular weight is 470 g/mol. The summed E-state index contributed by atoms with van der Waals surface area (Å²) in [6.07, 6.45) is -2.08. The Balaban J connectivity index is 0.00000161. The molecule has 0 amide bonds. The summed E-state index contributed by atoms with van der Waals surface area (Å²) in [6.45, 7) is 4.90. The van der Waals surface area contributed by atoms with Gasteiger partial charge >= 0.3 is 17.9 Å². The van der Waals surface area contributed by atoms with E-state index in [1.807, 2.05) is 0 Å². The Bertz CT molecular complexity index is 825. The molecule has 2 rings (SSSR count). The molecule has 1 saturated heterocycles. The molecule has 0 aromatic heterocycles. The van der Waals surface area contributed by atoms with Crippen LogP contribution >= 0.6 is 9.24 Å². The van der Waals surface area contributed by atoms with Crippen molar-refractivity contribution in [2.24, 2.45) is 0 Å². The quantitative estimate of drug-likeness (QED) is 0.247. The average Bonchev–Trinajstić information content (AvgIpc) is 2.69. The highest BCUT2D eigenvalue weighted by atomic mass is 31.0. The number of benzene rings is 1. The van der Waals surface area contributed by atoms with Gasteiger partial charge in [0.1, 0.15) is 37.1 Å². The molecular weight excluding hydrogens is 443 g/mol. The first kappa shape index (κ1) is 27.2. The lowest BCUT2D eigenvalue weighted by atomic mass is 10.0. The Kier molecular flexibility index (Phi) is 11.5. The lowest BCUT2D eigenvalue weighted by Gasteiger charge is -2.40. The Morgan fingerprint density at radius 3 is 2.22 bits per heavy atom. The molecule has 5 unspecified atom stereocenters. The second-order valence-electron chi connectivity index (χ2n) is 6.63. The van der Waals surface area contributed by atoms with E-state index >= 15 is 0 Å². The lowest BCUT2D eigenvalue weighted by Crippen LogP contribution is -2.55. The van der Waals surface area contributed by atoms with E-state index in [9.17, 15) is 19.2 Å². The molecule has 0 bridgehead atoms. The van der Waals surface area contributed by atoms with Crippen molar-refractivity contribution in [1.29, 1.82) is 0 Å². The molecule has 0 spiro atoms. The molecule has 1 heterocycles. The minimum absolute atomic E-state index is 0.0770. The summed E-state index contributed by atoms with van der Waals surface area (Å²) in [5.41, 5.74) is 0.479. The molecule has 1 aliphatic rings. The summed E-state index contributed by atoms with van der Waals surface area (Å²) < 4.78 is 27.3. The maximum absolute atomic E-state index is 11.5. The molecule has 0 aliphatic carbocycles. The van der Waals surface area contributed by atoms with Crippen LogP contribution in [0.3, 0.4) is 0 Å². The fraction of sp³-hybridized carbons (Fsp3) is 0.476. The molecular formula is C21H27O10P. The number of carbonyl (C=O) groups excluding carboxylic acids is 5. The minimum Gasteiger partial charge on any atom is -0.464 e. The number of hydrogen-bond acceptors (Lipinski definition) is 10. The lowest BCUT2D eigenvalue weighted by molar-refractivity contribution is -0.245. The van der Waals surface area contributed by atoms with E-state index in [1.54, 1.807) is 18.2 Å². The van der Waals surface area contributed by atoms with Gasteiger partial charge in [-0.2, -0.15) is 0 Å². The number of rotatable bonds is 7. The highest BCUT2D eigenvalue weighted by Crippen LogP contribution is 2.28. The summed E-state index contributed by atoms with van der Waals surface area (Å²) in [4.78, 5) is 54.0. The fourth-order valence-corrected chi connectivity index (χ4v) is 3.22. The molecule has 0 saturated carbocycles. The zero-order valence-corrected chi connectivity index (χ0v) is 19.4. The van der Waals surface area contributed by atoms with E-state index in [2.05, 4.69) is 9.24 Å². The SMILES string of the molecule is CC(=O)OCC1OC(Oc2ccc(C=O)cc2P)CC(OC(C)=O)C1OC(C)=O.CC=O. The van der Waals surface area contributed by atoms with Gasteiger partial charge in [-0.05, 0) is 25.1 Å². The standard InChI is InChI=1S/C19H23O9P.C2H4O/c1-10(21)24-9-16-19(26-12(3)23)15(25-11(2)22)7-18(28-16)27-14-5-4-13(8-20)6-17(14)29;1-2-3/h4-6,8,15-16,18-19H,7,9,29H2,1-3H3;2H,1H3. The largest absolute Gasteiger partial charge is 0.464 e. The molecule has 0 N–H and O–H groups in total. The van der Waals surface area contributed by atoms with Gasteiger partial charge in [0.05, 0.1) is 6.42 Å². The summed E-state index contributed by atoms with van der Waals surface area (Å²) >= 11 is 0. The normalized spacial score (nSPS) is 21.8. The Morgan fingerprint density at radius 1 is 1.09 bits per heavy atom. The van der Waals surface area contributed by atoms with Gasteiger partial charge in [0.25, 0.3) is 0 Å². The van der Waals surface area contributed by atoms with Crippen molar-refractivity contribution in [3.05, 3.63) is 23.8 Å². The van der Waals surface area contributed by atoms with Crippen LogP contribution in [0.2, 0.25) is 0 Å². The fourth-order valence-electron chi connectivity index (χ4n) is 2.86. The monoisotopic (exact) mass is 470 g/mol. The van der Waals surface area contributed by atoms with Gasteiger partial charge in [0.2, 0.25) is 6.29 Å². The highest BCUT2D eigenvalue weighted by molar-refractivity contribution is 7.27. The van der Waals surface area contributed by atoms with E-state index in [-0.39, 0.29) is 13.0 Å². The summed E-state index contributed by atoms with van der Waals surface area (Å²) in [7, 11) is 2.46. The van der Waals surface area contributed by atoms with E-state index < -0.39 is 42.5 Å². The summed E-state index contributed by atoms with van der Waals surface area (Å²) in [6, 6.07) is 4.81. The van der Waals surface area contributed by atoms with Crippen LogP contribution in [0.4, 0.5) is 0 Å². The van der Waals surface area contributed by atoms with Crippen LogP contribution in [0, 0.1) is 0 Å². The Hall–Kier alpha value is -2.84. The molecule has 1 fully saturated rings. The van der Waals surface area contributed by atoms with Crippen molar-refractivity contribution in [3.8, 4) is 5.75 Å². The van der Waals surface area contributed by atoms with Gasteiger partial charge in [-0.1, -0.05) is 0 Å². The second kappa shape index (κ2) is 13.5. The smallest absolute Gasteiger partial charge is 0.303 e. The van der Waals surface area contributed by atoms with Gasteiger partial charge in [-0.15, -0.1) is 9.24 Å². The van der Waals surface area contributed by atoms with Gasteiger partial charge < -0.3 is 28.5 Å². The van der Waals surface area contributed by atoms with E-state index in [0.717, 1.165) is 6.29 Å². The first-order chi connectivity index (χ1) is 15.1. The topological polar surface area (TPSA) is 132 Å². The highest BCUT2D eigenvalue weighted by Gasteiger charge is 2.44. The van der Waals surface area contributed by atoms with Crippen molar-refractivity contribution in [2.75, 3.05) is 6.61 Å². The zero-order valence-electron chi connectivity index (χ0n) is 18.3. The number of hydrogen-bond donors (Lipinski definition) is 0. The molecule has 11 heteroatoms. The molecule has 176 valence electrons. The zero-order chi connectivity index (χ0) is 24.3. The van der Waals surface area contributed by atoms with Crippen LogP contribution in [0.25, 0.3) is 0 Å². The Labute approximate surface area is 188 Å². The number of aldehydes is 2. The van der Waals surface area contributed by atoms with Crippen LogP contribution < -0.4 is 10.0 Å². The molecule has 1 aromatic carbocycles. The van der Waals surface area contributed by atoms with E-state index in [4.69, 9.17) is 28.5 Å². The third-order valence-electron chi connectivity index (χ3n) is 3.98. The minimum atomic E-state index is -0.969. The first-order valence-electron chi connectivity index (χ1n) is 9.65. The second-order valence-corrected chi connectivity index (χ2v) is 7.25. The van der Waals surface area contributed by atoms with Crippen molar-refractivity contribution >= 4 is 45.0 Å². The van der Waals surface area contributed by atoms with Gasteiger partial charge in [-0.25, -0.2) is 0 Å². The molecule has 0 radical (unpaired) electrons. The number of esters is 3. The van der Waals surface area contributed by atoms with Crippen LogP contribution in [0.15, 0.2) is 18.2 Å². The maximum Gasteiger partial charge on any atom is 0.303 e. The predicted molar refractivity (Wildman–Crippen MR) is 115 cm³/mol. The molecule has 1 aliphatic heterocycles. The van der Waals surface area contributed by atoms with Crippen LogP contribution in [0.1, 0.15) is 44.5 Å². The first-order valence-corrected chi connectivity index (χ1v) is 10.2. The predicted octanol–water partition coefficient (Wildman–Crippen LogP) is 1.12. The molecule has 10 nitrogen and oxygen atoms in total. The summed E-state index contributed by atoms with van der Waals surface area (Å²) in [5.74, 6) is -1.27. The molecule has 32 heavy (non-hydrogen) atoms. The number of carbonyl (C=O) groups is 5. The third kappa shape index (κ3) is 9.11. The van der Waals surface area contributed by atoms with Gasteiger partial charge in [0, 0.05) is 31.6 Å². The van der Waals surface area contributed by atoms with Crippen molar-refractivity contribution in [3.63, 3.8) is 0 Å². The molecule has 1 aromatic rings. The van der Waals surface area contributed by atoms with Crippen LogP contribution in [-0.2, 0) is 38.1 Å². The van der Waals surface area contributed by atoms with Gasteiger partial charge in [0.15, 0.2) is 6.10 Å². The van der Waals surface area contributed by atoms with E-state index in [1.165, 1.54) is 27.7 Å². The van der Waals surface area contributed by atoms with Crippen molar-refractivity contribution in [1.82, 2.24) is 0 Å². The van der Waals surface area contributed by atoms with Gasteiger partial charge in [-0.3, -0.25) is 19.2 Å².